The zero-order valence-corrected chi connectivity index (χ0v) is 5.97. The molecule has 2 rings (SSSR count). The summed E-state index contributed by atoms with van der Waals surface area (Å²) in [6, 6.07) is 0. The van der Waals surface area contributed by atoms with E-state index in [-0.39, 0.29) is 11.4 Å². The highest BCUT2D eigenvalue weighted by Gasteiger charge is 2.07. The Kier molecular flexibility index (Phi) is 1.21. The molecular weight excluding hydrogens is 156 g/mol. The van der Waals surface area contributed by atoms with Gasteiger partial charge in [-0.15, -0.1) is 0 Å². The Morgan fingerprint density at radius 1 is 1.58 bits per heavy atom. The van der Waals surface area contributed by atoms with Gasteiger partial charge >= 0.3 is 0 Å². The molecule has 2 aromatic heterocycles. The highest BCUT2D eigenvalue weighted by molar-refractivity contribution is 5.68. The van der Waals surface area contributed by atoms with Crippen molar-refractivity contribution in [3.05, 3.63) is 30.0 Å². The maximum absolute atomic E-state index is 9.40. The molecule has 0 amide bonds. The van der Waals surface area contributed by atoms with Crippen molar-refractivity contribution < 1.29 is 5.11 Å². The largest absolute Gasteiger partial charge is 0.516 e. The van der Waals surface area contributed by atoms with Crippen molar-refractivity contribution in [2.75, 3.05) is 0 Å². The Morgan fingerprint density at radius 2 is 2.42 bits per heavy atom. The van der Waals surface area contributed by atoms with Crippen LogP contribution in [0.3, 0.4) is 0 Å². The van der Waals surface area contributed by atoms with Crippen molar-refractivity contribution >= 4 is 11.3 Å². The number of aromatic nitrogens is 3. The van der Waals surface area contributed by atoms with E-state index in [9.17, 15) is 5.11 Å². The van der Waals surface area contributed by atoms with Gasteiger partial charge in [0.1, 0.15) is 0 Å². The van der Waals surface area contributed by atoms with E-state index in [0.29, 0.717) is 5.65 Å². The van der Waals surface area contributed by atoms with Gasteiger partial charge < -0.3 is 5.11 Å². The lowest BCUT2D eigenvalue weighted by atomic mass is 10.4. The summed E-state index contributed by atoms with van der Waals surface area (Å²) in [6.07, 6.45) is 4.41. The van der Waals surface area contributed by atoms with Crippen LogP contribution in [-0.2, 0) is 0 Å². The summed E-state index contributed by atoms with van der Waals surface area (Å²) in [6.45, 7) is 6.70. The predicted octanol–water partition coefficient (Wildman–Crippen LogP) is 0.986. The topological polar surface area (TPSA) is 54.8 Å². The van der Waals surface area contributed by atoms with E-state index in [2.05, 4.69) is 14.9 Å². The van der Waals surface area contributed by atoms with Crippen molar-refractivity contribution in [3.63, 3.8) is 0 Å². The van der Waals surface area contributed by atoms with Crippen molar-refractivity contribution in [3.8, 4) is 5.75 Å². The normalized spacial score (nSPS) is 9.92. The summed E-state index contributed by atoms with van der Waals surface area (Å²) in [5.74, 6) is -0.120. The molecular formula is C7H4N4O. The Bertz CT molecular complexity index is 468. The molecule has 5 heteroatoms. The first-order valence-electron chi connectivity index (χ1n) is 3.21. The summed E-state index contributed by atoms with van der Waals surface area (Å²) in [5.41, 5.74) is 0.428. The van der Waals surface area contributed by atoms with E-state index < -0.39 is 0 Å². The number of nitrogens with zero attached hydrogens (tertiary/aromatic N) is 4. The lowest BCUT2D eigenvalue weighted by molar-refractivity contribution is 0.479. The summed E-state index contributed by atoms with van der Waals surface area (Å²) in [5, 5.41) is 13.3. The maximum Gasteiger partial charge on any atom is 0.251 e. The van der Waals surface area contributed by atoms with Crippen LogP contribution in [0.1, 0.15) is 0 Å². The van der Waals surface area contributed by atoms with Crippen LogP contribution in [0.4, 0.5) is 5.69 Å². The van der Waals surface area contributed by atoms with Crippen LogP contribution in [0.15, 0.2) is 18.6 Å². The second kappa shape index (κ2) is 2.20. The first kappa shape index (κ1) is 6.61. The number of imidazole rings is 1. The van der Waals surface area contributed by atoms with Gasteiger partial charge in [-0.3, -0.25) is 0 Å². The molecule has 0 fully saturated rings. The van der Waals surface area contributed by atoms with Crippen LogP contribution in [-0.4, -0.2) is 19.7 Å². The average molecular weight is 160 g/mol. The molecule has 5 nitrogen and oxygen atoms in total. The summed E-state index contributed by atoms with van der Waals surface area (Å²) in [7, 11) is 0. The van der Waals surface area contributed by atoms with Crippen molar-refractivity contribution in [2.24, 2.45) is 0 Å². The molecule has 2 aromatic rings. The van der Waals surface area contributed by atoms with Gasteiger partial charge in [0.05, 0.1) is 12.8 Å². The fourth-order valence-electron chi connectivity index (χ4n) is 0.934. The van der Waals surface area contributed by atoms with Crippen LogP contribution in [0.25, 0.3) is 10.5 Å². The van der Waals surface area contributed by atoms with Crippen LogP contribution >= 0.6 is 0 Å². The van der Waals surface area contributed by atoms with Crippen LogP contribution < -0.4 is 0 Å². The quantitative estimate of drug-likeness (QED) is 0.584. The van der Waals surface area contributed by atoms with Crippen LogP contribution in [0.5, 0.6) is 5.75 Å². The summed E-state index contributed by atoms with van der Waals surface area (Å²) in [4.78, 5) is 6.92. The number of rotatable bonds is 0. The van der Waals surface area contributed by atoms with E-state index in [1.165, 1.54) is 16.9 Å². The van der Waals surface area contributed by atoms with Crippen LogP contribution in [0, 0.1) is 6.57 Å². The standard InChI is InChI=1S/C7H4N4O/c1-8-5-4-10-11-3-2-9-7(11)6(5)12/h2-4,12H. The fraction of sp³-hybridized carbons (Fsp3) is 0. The smallest absolute Gasteiger partial charge is 0.251 e. The third kappa shape index (κ3) is 0.720. The lowest BCUT2D eigenvalue weighted by Crippen LogP contribution is -1.88. The number of aromatic hydroxyl groups is 1. The SMILES string of the molecule is [C-]#[N+]c1cnn2ccnc2c1O. The van der Waals surface area contributed by atoms with Gasteiger partial charge in [-0.05, 0) is 0 Å². The van der Waals surface area contributed by atoms with Gasteiger partial charge in [0.15, 0.2) is 11.4 Å². The number of fused-ring (bicyclic) bond motifs is 1. The predicted molar refractivity (Wildman–Crippen MR) is 40.9 cm³/mol. The second-order valence-electron chi connectivity index (χ2n) is 2.19. The molecule has 0 atom stereocenters. The molecule has 0 saturated carbocycles. The molecule has 0 saturated heterocycles. The zero-order valence-electron chi connectivity index (χ0n) is 5.97. The summed E-state index contributed by atoms with van der Waals surface area (Å²) < 4.78 is 1.41. The van der Waals surface area contributed by atoms with E-state index in [4.69, 9.17) is 6.57 Å². The Balaban J connectivity index is 2.89. The minimum absolute atomic E-state index is 0.119. The first-order valence-corrected chi connectivity index (χ1v) is 3.21. The van der Waals surface area contributed by atoms with Gasteiger partial charge in [0, 0.05) is 12.4 Å². The molecule has 0 aliphatic rings. The molecule has 0 bridgehead atoms. The number of hydrogen-bond acceptors (Lipinski definition) is 3. The molecule has 0 aliphatic heterocycles. The van der Waals surface area contributed by atoms with Crippen molar-refractivity contribution in [2.45, 2.75) is 0 Å². The van der Waals surface area contributed by atoms with Gasteiger partial charge in [-0.1, -0.05) is 0 Å². The average Bonchev–Trinajstić information content (AvgIpc) is 2.53. The highest BCUT2D eigenvalue weighted by Crippen LogP contribution is 2.27. The molecule has 0 radical (unpaired) electrons. The van der Waals surface area contributed by atoms with Crippen molar-refractivity contribution in [1.29, 1.82) is 0 Å². The molecule has 0 aliphatic carbocycles. The third-order valence-corrected chi connectivity index (χ3v) is 1.50. The Hall–Kier alpha value is -2.09. The van der Waals surface area contributed by atoms with E-state index in [1.54, 1.807) is 6.20 Å². The summed E-state index contributed by atoms with van der Waals surface area (Å²) >= 11 is 0. The second-order valence-corrected chi connectivity index (χ2v) is 2.19. The molecule has 1 N–H and O–H groups in total. The first-order chi connectivity index (χ1) is 5.83. The minimum atomic E-state index is -0.120. The highest BCUT2D eigenvalue weighted by atomic mass is 16.3. The monoisotopic (exact) mass is 160 g/mol. The Morgan fingerprint density at radius 3 is 3.17 bits per heavy atom. The van der Waals surface area contributed by atoms with E-state index in [1.807, 2.05) is 0 Å². The minimum Gasteiger partial charge on any atom is -0.516 e. The van der Waals surface area contributed by atoms with Crippen molar-refractivity contribution in [1.82, 2.24) is 14.6 Å². The zero-order chi connectivity index (χ0) is 8.55. The molecule has 12 heavy (non-hydrogen) atoms. The van der Waals surface area contributed by atoms with Gasteiger partial charge in [-0.2, -0.15) is 5.10 Å². The fourth-order valence-corrected chi connectivity index (χ4v) is 0.934. The molecule has 58 valence electrons. The maximum atomic E-state index is 9.40. The van der Waals surface area contributed by atoms with Gasteiger partial charge in [0.25, 0.3) is 5.69 Å². The van der Waals surface area contributed by atoms with Gasteiger partial charge in [0.2, 0.25) is 0 Å². The van der Waals surface area contributed by atoms with Crippen LogP contribution in [0.2, 0.25) is 0 Å². The molecule has 0 unspecified atom stereocenters. The Labute approximate surface area is 67.7 Å². The lowest BCUT2D eigenvalue weighted by Gasteiger charge is -1.96. The van der Waals surface area contributed by atoms with E-state index in [0.717, 1.165) is 0 Å². The molecule has 0 spiro atoms. The van der Waals surface area contributed by atoms with Gasteiger partial charge in [-0.25, -0.2) is 14.3 Å². The van der Waals surface area contributed by atoms with E-state index >= 15 is 0 Å². The molecule has 0 aromatic carbocycles. The third-order valence-electron chi connectivity index (χ3n) is 1.50. The molecule has 2 heterocycles. The number of hydrogen-bond donors (Lipinski definition) is 1.